The molecule has 0 spiro atoms. The van der Waals surface area contributed by atoms with Crippen LogP contribution < -0.4 is 0 Å². The number of nitrogens with zero attached hydrogens (tertiary/aromatic N) is 12. The van der Waals surface area contributed by atoms with Crippen LogP contribution in [0.15, 0.2) is 12.7 Å². The first-order chi connectivity index (χ1) is 16.8. The Balaban J connectivity index is 0.000000472. The maximum atomic E-state index is 8.15. The summed E-state index contributed by atoms with van der Waals surface area (Å²) in [6, 6.07) is 2.11. The first-order valence-corrected chi connectivity index (χ1v) is 12.3. The van der Waals surface area contributed by atoms with Crippen molar-refractivity contribution in [3.8, 4) is 6.07 Å². The molecule has 13 nitrogen and oxygen atoms in total. The number of tetrazole rings is 3. The number of hydrogen-bond acceptors (Lipinski definition) is 10. The number of aromatic nitrogens is 12. The van der Waals surface area contributed by atoms with Crippen molar-refractivity contribution in [3.63, 3.8) is 0 Å². The lowest BCUT2D eigenvalue weighted by Gasteiger charge is -2.16. The standard InChI is InChI=1S/3C6H12N4.C6H11N/c1-6(2,3)4-10-5-7-8-9-10;1-6(2,3)4-10-8-5-7-9-10;1-6(2,3)4-5-7-9-10-8-5;1-6(2,3)4-5-7/h2*5H,4H2,1-3H3;4H2,1-3H3,(H,7,8,9,10);4H2,1-3H3. The van der Waals surface area contributed by atoms with E-state index in [2.05, 4.69) is 141 Å². The van der Waals surface area contributed by atoms with Crippen LogP contribution in [0.5, 0.6) is 0 Å². The highest BCUT2D eigenvalue weighted by molar-refractivity contribution is 4.82. The van der Waals surface area contributed by atoms with Gasteiger partial charge >= 0.3 is 0 Å². The van der Waals surface area contributed by atoms with Crippen LogP contribution in [0.2, 0.25) is 0 Å². The van der Waals surface area contributed by atoms with Gasteiger partial charge in [0.05, 0.1) is 12.6 Å². The molecule has 3 rings (SSSR count). The lowest BCUT2D eigenvalue weighted by Crippen LogP contribution is -2.17. The van der Waals surface area contributed by atoms with Crippen LogP contribution in [0.25, 0.3) is 0 Å². The Kier molecular flexibility index (Phi) is 13.7. The predicted molar refractivity (Wildman–Crippen MR) is 142 cm³/mol. The molecular weight excluding hydrogens is 470 g/mol. The fraction of sp³-hybridized carbons (Fsp3) is 0.833. The van der Waals surface area contributed by atoms with E-state index in [1.54, 1.807) is 15.8 Å². The summed E-state index contributed by atoms with van der Waals surface area (Å²) in [7, 11) is 0. The zero-order valence-corrected chi connectivity index (χ0v) is 24.8. The Morgan fingerprint density at radius 3 is 1.76 bits per heavy atom. The van der Waals surface area contributed by atoms with Crippen LogP contribution in [0, 0.1) is 33.0 Å². The van der Waals surface area contributed by atoms with Gasteiger partial charge < -0.3 is 0 Å². The molecular formula is C24H47N13. The number of H-pyrrole nitrogens is 1. The summed E-state index contributed by atoms with van der Waals surface area (Å²) in [5, 5.41) is 43.8. The first-order valence-electron chi connectivity index (χ1n) is 12.3. The van der Waals surface area contributed by atoms with Gasteiger partial charge in [-0.3, -0.25) is 0 Å². The molecule has 3 heterocycles. The molecule has 0 aromatic carbocycles. The highest BCUT2D eigenvalue weighted by Gasteiger charge is 2.14. The van der Waals surface area contributed by atoms with Gasteiger partial charge in [0.1, 0.15) is 6.33 Å². The molecule has 1 N–H and O–H groups in total. The molecule has 0 aliphatic rings. The number of aromatic amines is 1. The van der Waals surface area contributed by atoms with E-state index in [0.717, 1.165) is 25.3 Å². The van der Waals surface area contributed by atoms with Crippen molar-refractivity contribution in [1.82, 2.24) is 61.0 Å². The zero-order valence-electron chi connectivity index (χ0n) is 24.8. The van der Waals surface area contributed by atoms with E-state index in [4.69, 9.17) is 5.26 Å². The van der Waals surface area contributed by atoms with Crippen molar-refractivity contribution in [2.45, 2.75) is 109 Å². The number of hydrogen-bond donors (Lipinski definition) is 1. The smallest absolute Gasteiger partial charge is 0.175 e. The van der Waals surface area contributed by atoms with E-state index < -0.39 is 0 Å². The largest absolute Gasteiger partial charge is 0.232 e. The van der Waals surface area contributed by atoms with Crippen molar-refractivity contribution >= 4 is 0 Å². The molecule has 37 heavy (non-hydrogen) atoms. The average molecular weight is 518 g/mol. The molecule has 0 aliphatic heterocycles. The van der Waals surface area contributed by atoms with Gasteiger partial charge in [0.15, 0.2) is 12.2 Å². The summed E-state index contributed by atoms with van der Waals surface area (Å²) in [6.45, 7) is 27.1. The molecule has 0 bridgehead atoms. The molecule has 208 valence electrons. The summed E-state index contributed by atoms with van der Waals surface area (Å²) >= 11 is 0. The van der Waals surface area contributed by atoms with Gasteiger partial charge in [-0.05, 0) is 37.3 Å². The molecule has 3 aromatic heterocycles. The van der Waals surface area contributed by atoms with E-state index in [0.29, 0.717) is 6.42 Å². The molecule has 3 aromatic rings. The van der Waals surface area contributed by atoms with Crippen molar-refractivity contribution in [2.24, 2.45) is 21.7 Å². The minimum atomic E-state index is 0.189. The van der Waals surface area contributed by atoms with Gasteiger partial charge in [0.25, 0.3) is 0 Å². The second kappa shape index (κ2) is 15.1. The Labute approximate surface area is 221 Å². The van der Waals surface area contributed by atoms with Crippen LogP contribution >= 0.6 is 0 Å². The zero-order chi connectivity index (χ0) is 28.8. The first kappa shape index (κ1) is 33.7. The molecule has 0 aliphatic carbocycles. The fourth-order valence-electron chi connectivity index (χ4n) is 2.39. The van der Waals surface area contributed by atoms with Crippen LogP contribution in [-0.4, -0.2) is 61.0 Å². The van der Waals surface area contributed by atoms with E-state index in [1.807, 2.05) is 0 Å². The molecule has 0 atom stereocenters. The van der Waals surface area contributed by atoms with Gasteiger partial charge in [0, 0.05) is 19.4 Å². The highest BCUT2D eigenvalue weighted by atomic mass is 15.6. The quantitative estimate of drug-likeness (QED) is 0.532. The van der Waals surface area contributed by atoms with Gasteiger partial charge in [-0.25, -0.2) is 4.68 Å². The van der Waals surface area contributed by atoms with Gasteiger partial charge in [0.2, 0.25) is 0 Å². The topological polar surface area (TPSA) is 165 Å². The van der Waals surface area contributed by atoms with Crippen molar-refractivity contribution in [2.75, 3.05) is 0 Å². The molecule has 0 saturated heterocycles. The lowest BCUT2D eigenvalue weighted by molar-refractivity contribution is 0.299. The summed E-state index contributed by atoms with van der Waals surface area (Å²) in [5.41, 5.74) is 0.898. The van der Waals surface area contributed by atoms with Crippen LogP contribution in [0.3, 0.4) is 0 Å². The number of nitrogens with one attached hydrogen (secondary N) is 1. The summed E-state index contributed by atoms with van der Waals surface area (Å²) in [5.74, 6) is 0.785. The molecule has 13 heteroatoms. The third-order valence-electron chi connectivity index (χ3n) is 3.72. The SMILES string of the molecule is CC(C)(C)CC#N.CC(C)(C)Cc1nn[nH]n1.CC(C)(C)Cn1cnnn1.CC(C)(C)Cn1ncnn1. The Morgan fingerprint density at radius 2 is 1.43 bits per heavy atom. The van der Waals surface area contributed by atoms with E-state index >= 15 is 0 Å². The second-order valence-electron chi connectivity index (χ2n) is 13.6. The van der Waals surface area contributed by atoms with Gasteiger partial charge in [-0.1, -0.05) is 88.3 Å². The van der Waals surface area contributed by atoms with Crippen LogP contribution in [0.4, 0.5) is 0 Å². The highest BCUT2D eigenvalue weighted by Crippen LogP contribution is 2.17. The van der Waals surface area contributed by atoms with E-state index in [9.17, 15) is 0 Å². The average Bonchev–Trinajstić information content (AvgIpc) is 3.43. The molecule has 0 radical (unpaired) electrons. The van der Waals surface area contributed by atoms with E-state index in [-0.39, 0.29) is 21.7 Å². The van der Waals surface area contributed by atoms with Crippen molar-refractivity contribution in [3.05, 3.63) is 18.5 Å². The number of rotatable bonds is 3. The molecule has 0 fully saturated rings. The number of nitriles is 1. The molecule has 0 saturated carbocycles. The summed E-state index contributed by atoms with van der Waals surface area (Å²) < 4.78 is 1.74. The Morgan fingerprint density at radius 1 is 0.811 bits per heavy atom. The monoisotopic (exact) mass is 517 g/mol. The van der Waals surface area contributed by atoms with Crippen LogP contribution in [-0.2, 0) is 19.5 Å². The van der Waals surface area contributed by atoms with Gasteiger partial charge in [-0.15, -0.1) is 25.5 Å². The van der Waals surface area contributed by atoms with Crippen molar-refractivity contribution < 1.29 is 0 Å². The van der Waals surface area contributed by atoms with Gasteiger partial charge in [-0.2, -0.15) is 15.3 Å². The Bertz CT molecular complexity index is 848. The molecule has 0 amide bonds. The Hall–Kier alpha value is -3.30. The summed E-state index contributed by atoms with van der Waals surface area (Å²) in [4.78, 5) is 1.60. The lowest BCUT2D eigenvalue weighted by atomic mass is 9.92. The van der Waals surface area contributed by atoms with Crippen molar-refractivity contribution in [1.29, 1.82) is 5.26 Å². The minimum absolute atomic E-state index is 0.189. The third-order valence-corrected chi connectivity index (χ3v) is 3.72. The fourth-order valence-corrected chi connectivity index (χ4v) is 2.39. The molecule has 0 unspecified atom stereocenters. The predicted octanol–water partition coefficient (Wildman–Crippen LogP) is 4.17. The van der Waals surface area contributed by atoms with E-state index in [1.165, 1.54) is 6.33 Å². The van der Waals surface area contributed by atoms with Crippen LogP contribution in [0.1, 0.15) is 95.3 Å². The minimum Gasteiger partial charge on any atom is -0.232 e. The maximum Gasteiger partial charge on any atom is 0.175 e. The second-order valence-corrected chi connectivity index (χ2v) is 13.6. The summed E-state index contributed by atoms with van der Waals surface area (Å²) in [6.07, 6.45) is 4.59. The third kappa shape index (κ3) is 22.9. The maximum absolute atomic E-state index is 8.15. The normalized spacial score (nSPS) is 11.6.